The second kappa shape index (κ2) is 10.5. The summed E-state index contributed by atoms with van der Waals surface area (Å²) in [5.74, 6) is 0.232. The molecule has 1 aromatic heterocycles. The van der Waals surface area contributed by atoms with Crippen molar-refractivity contribution < 1.29 is 14.6 Å². The molecule has 0 fully saturated rings. The van der Waals surface area contributed by atoms with E-state index in [1.807, 2.05) is 42.5 Å². The maximum Gasteiger partial charge on any atom is 0.250 e. The van der Waals surface area contributed by atoms with Gasteiger partial charge in [-0.25, -0.2) is 10.4 Å². The van der Waals surface area contributed by atoms with Crippen LogP contribution >= 0.6 is 27.7 Å². The Morgan fingerprint density at radius 2 is 1.97 bits per heavy atom. The molecule has 0 unspecified atom stereocenters. The number of aromatic hydroxyl groups is 1. The predicted molar refractivity (Wildman–Crippen MR) is 134 cm³/mol. The molecule has 0 saturated carbocycles. The van der Waals surface area contributed by atoms with E-state index in [0.29, 0.717) is 22.3 Å². The maximum absolute atomic E-state index is 12.4. The topological polar surface area (TPSA) is 88.7 Å². The third-order valence-corrected chi connectivity index (χ3v) is 6.39. The highest BCUT2D eigenvalue weighted by Crippen LogP contribution is 2.34. The van der Waals surface area contributed by atoms with Gasteiger partial charge in [-0.15, -0.1) is 0 Å². The highest BCUT2D eigenvalue weighted by Gasteiger charge is 2.13. The fourth-order valence-electron chi connectivity index (χ4n) is 3.25. The van der Waals surface area contributed by atoms with Crippen LogP contribution in [0.3, 0.4) is 0 Å². The number of nitrogens with zero attached hydrogens (tertiary/aromatic N) is 3. The van der Waals surface area contributed by atoms with Crippen molar-refractivity contribution in [2.75, 3.05) is 12.9 Å². The van der Waals surface area contributed by atoms with Gasteiger partial charge in [-0.2, -0.15) is 5.10 Å². The summed E-state index contributed by atoms with van der Waals surface area (Å²) in [5.41, 5.74) is 6.26. The van der Waals surface area contributed by atoms with Crippen molar-refractivity contribution in [3.05, 3.63) is 82.3 Å². The molecule has 9 heteroatoms. The van der Waals surface area contributed by atoms with Gasteiger partial charge in [0.2, 0.25) is 0 Å². The van der Waals surface area contributed by atoms with Crippen LogP contribution in [-0.4, -0.2) is 39.6 Å². The predicted octanol–water partition coefficient (Wildman–Crippen LogP) is 4.80. The Kier molecular flexibility index (Phi) is 7.31. The highest BCUT2D eigenvalue weighted by molar-refractivity contribution is 9.10. The SMILES string of the molecule is COc1cc(/C=N\NC(=O)CSc2nc3ccccc3n2Cc2ccccc2)cc(Br)c1O. The average Bonchev–Trinajstić information content (AvgIpc) is 3.18. The number of fused-ring (bicyclic) bond motifs is 1. The lowest BCUT2D eigenvalue weighted by molar-refractivity contribution is -0.118. The molecular weight excluding hydrogens is 504 g/mol. The minimum absolute atomic E-state index is 0.00785. The average molecular weight is 525 g/mol. The number of benzene rings is 3. The molecule has 0 spiro atoms. The summed E-state index contributed by atoms with van der Waals surface area (Å²) in [5, 5.41) is 14.7. The number of hydrogen-bond acceptors (Lipinski definition) is 6. The van der Waals surface area contributed by atoms with Gasteiger partial charge in [0.15, 0.2) is 16.7 Å². The Balaban J connectivity index is 1.43. The van der Waals surface area contributed by atoms with Crippen molar-refractivity contribution in [3.63, 3.8) is 0 Å². The summed E-state index contributed by atoms with van der Waals surface area (Å²) >= 11 is 4.62. The van der Waals surface area contributed by atoms with E-state index in [4.69, 9.17) is 9.72 Å². The van der Waals surface area contributed by atoms with Gasteiger partial charge < -0.3 is 14.4 Å². The molecule has 168 valence electrons. The van der Waals surface area contributed by atoms with Crippen LogP contribution in [0.25, 0.3) is 11.0 Å². The van der Waals surface area contributed by atoms with Gasteiger partial charge in [-0.1, -0.05) is 54.2 Å². The molecule has 1 amide bonds. The lowest BCUT2D eigenvalue weighted by Gasteiger charge is -2.09. The Bertz CT molecular complexity index is 1310. The Labute approximate surface area is 203 Å². The third kappa shape index (κ3) is 5.55. The van der Waals surface area contributed by atoms with Crippen LogP contribution in [0.5, 0.6) is 11.5 Å². The molecule has 33 heavy (non-hydrogen) atoms. The van der Waals surface area contributed by atoms with E-state index in [1.165, 1.54) is 25.1 Å². The Morgan fingerprint density at radius 3 is 2.76 bits per heavy atom. The van der Waals surface area contributed by atoms with Gasteiger partial charge in [-0.05, 0) is 51.3 Å². The molecule has 7 nitrogen and oxygen atoms in total. The van der Waals surface area contributed by atoms with Crippen LogP contribution in [0.4, 0.5) is 0 Å². The number of amides is 1. The molecule has 0 bridgehead atoms. The normalized spacial score (nSPS) is 11.2. The standard InChI is InChI=1S/C24H21BrN4O3S/c1-32-21-12-17(11-18(25)23(21)31)13-26-28-22(30)15-33-24-27-19-9-5-6-10-20(19)29(24)14-16-7-3-2-4-8-16/h2-13,31H,14-15H2,1H3,(H,28,30)/b26-13-. The summed E-state index contributed by atoms with van der Waals surface area (Å²) in [6.45, 7) is 0.668. The number of carbonyl (C=O) groups is 1. The van der Waals surface area contributed by atoms with Gasteiger partial charge >= 0.3 is 0 Å². The minimum atomic E-state index is -0.251. The Morgan fingerprint density at radius 1 is 1.21 bits per heavy atom. The van der Waals surface area contributed by atoms with Crippen molar-refractivity contribution in [3.8, 4) is 11.5 Å². The summed E-state index contributed by atoms with van der Waals surface area (Å²) in [7, 11) is 1.46. The van der Waals surface area contributed by atoms with E-state index in [-0.39, 0.29) is 17.4 Å². The first-order chi connectivity index (χ1) is 16.0. The first-order valence-electron chi connectivity index (χ1n) is 10.1. The summed E-state index contributed by atoms with van der Waals surface area (Å²) in [6, 6.07) is 21.4. The zero-order chi connectivity index (χ0) is 23.2. The molecule has 0 radical (unpaired) electrons. The van der Waals surface area contributed by atoms with E-state index in [2.05, 4.69) is 43.2 Å². The van der Waals surface area contributed by atoms with Crippen molar-refractivity contribution in [2.45, 2.75) is 11.7 Å². The van der Waals surface area contributed by atoms with Crippen molar-refractivity contribution >= 4 is 50.8 Å². The number of nitrogens with one attached hydrogen (secondary N) is 1. The second-order valence-corrected chi connectivity index (χ2v) is 8.89. The van der Waals surface area contributed by atoms with Gasteiger partial charge in [0.1, 0.15) is 0 Å². The van der Waals surface area contributed by atoms with E-state index >= 15 is 0 Å². The molecule has 0 saturated heterocycles. The fourth-order valence-corrected chi connectivity index (χ4v) is 4.51. The highest BCUT2D eigenvalue weighted by atomic mass is 79.9. The van der Waals surface area contributed by atoms with Crippen LogP contribution in [0.1, 0.15) is 11.1 Å². The van der Waals surface area contributed by atoms with E-state index < -0.39 is 0 Å². The van der Waals surface area contributed by atoms with Gasteiger partial charge in [0.25, 0.3) is 5.91 Å². The molecule has 4 aromatic rings. The molecule has 0 atom stereocenters. The number of carbonyl (C=O) groups excluding carboxylic acids is 1. The molecule has 4 rings (SSSR count). The second-order valence-electron chi connectivity index (χ2n) is 7.09. The zero-order valence-electron chi connectivity index (χ0n) is 17.7. The zero-order valence-corrected chi connectivity index (χ0v) is 20.1. The number of imidazole rings is 1. The maximum atomic E-state index is 12.4. The van der Waals surface area contributed by atoms with Crippen LogP contribution in [-0.2, 0) is 11.3 Å². The van der Waals surface area contributed by atoms with Gasteiger partial charge in [-0.3, -0.25) is 4.79 Å². The Hall–Kier alpha value is -3.30. The largest absolute Gasteiger partial charge is 0.503 e. The molecule has 3 aromatic carbocycles. The summed E-state index contributed by atoms with van der Waals surface area (Å²) in [6.07, 6.45) is 1.49. The number of methoxy groups -OCH3 is 1. The lowest BCUT2D eigenvalue weighted by atomic mass is 10.2. The number of phenolic OH excluding ortho intramolecular Hbond substituents is 1. The number of phenols is 1. The van der Waals surface area contributed by atoms with Crippen LogP contribution < -0.4 is 10.2 Å². The number of thioether (sulfide) groups is 1. The number of hydrazone groups is 1. The molecule has 0 aliphatic carbocycles. The number of para-hydroxylation sites is 2. The molecule has 1 heterocycles. The van der Waals surface area contributed by atoms with Crippen molar-refractivity contribution in [1.82, 2.24) is 15.0 Å². The monoisotopic (exact) mass is 524 g/mol. The van der Waals surface area contributed by atoms with Crippen molar-refractivity contribution in [1.29, 1.82) is 0 Å². The van der Waals surface area contributed by atoms with E-state index in [9.17, 15) is 9.90 Å². The molecule has 2 N–H and O–H groups in total. The number of halogens is 1. The molecular formula is C24H21BrN4O3S. The third-order valence-electron chi connectivity index (χ3n) is 4.81. The summed E-state index contributed by atoms with van der Waals surface area (Å²) < 4.78 is 7.71. The smallest absolute Gasteiger partial charge is 0.250 e. The first kappa shape index (κ1) is 22.9. The summed E-state index contributed by atoms with van der Waals surface area (Å²) in [4.78, 5) is 17.1. The van der Waals surface area contributed by atoms with Gasteiger partial charge in [0.05, 0.1) is 41.1 Å². The number of hydrogen-bond donors (Lipinski definition) is 2. The number of rotatable bonds is 8. The van der Waals surface area contributed by atoms with Crippen LogP contribution in [0.2, 0.25) is 0 Å². The quantitative estimate of drug-likeness (QED) is 0.196. The van der Waals surface area contributed by atoms with E-state index in [1.54, 1.807) is 12.1 Å². The van der Waals surface area contributed by atoms with Crippen LogP contribution in [0.15, 0.2) is 81.5 Å². The molecule has 0 aliphatic rings. The number of aromatic nitrogens is 2. The molecule has 0 aliphatic heterocycles. The fraction of sp³-hybridized carbons (Fsp3) is 0.125. The number of ether oxygens (including phenoxy) is 1. The van der Waals surface area contributed by atoms with Crippen molar-refractivity contribution in [2.24, 2.45) is 5.10 Å². The van der Waals surface area contributed by atoms with Gasteiger partial charge in [0, 0.05) is 0 Å². The van der Waals surface area contributed by atoms with Crippen LogP contribution in [0, 0.1) is 0 Å². The minimum Gasteiger partial charge on any atom is -0.503 e. The lowest BCUT2D eigenvalue weighted by Crippen LogP contribution is -2.20. The first-order valence-corrected chi connectivity index (χ1v) is 11.8. The van der Waals surface area contributed by atoms with E-state index in [0.717, 1.165) is 21.8 Å².